The van der Waals surface area contributed by atoms with Gasteiger partial charge in [0.1, 0.15) is 4.21 Å². The number of likely N-dealkylation sites (N-methyl/N-ethyl adjacent to an activating group) is 1. The fourth-order valence-electron chi connectivity index (χ4n) is 1.90. The second-order valence-corrected chi connectivity index (χ2v) is 7.72. The lowest BCUT2D eigenvalue weighted by atomic mass is 10.0. The Kier molecular flexibility index (Phi) is 4.59. The number of nitrogens with zero attached hydrogens (tertiary/aromatic N) is 1. The Balaban J connectivity index is 2.23. The van der Waals surface area contributed by atoms with E-state index >= 15 is 0 Å². The first-order valence-electron chi connectivity index (χ1n) is 6.19. The van der Waals surface area contributed by atoms with E-state index in [1.807, 2.05) is 18.2 Å². The van der Waals surface area contributed by atoms with Crippen molar-refractivity contribution in [2.75, 3.05) is 7.05 Å². The minimum Gasteiger partial charge on any atom is -0.387 e. The standard InChI is InChI=1S/C14H17NO3S2/c1-11(14(16)12-7-4-3-5-8-12)15(2)20(17,18)13-9-6-10-19-13/h3-11,14,16H,1-2H3. The molecule has 2 rings (SSSR count). The third-order valence-electron chi connectivity index (χ3n) is 3.30. The van der Waals surface area contributed by atoms with Crippen LogP contribution in [0.1, 0.15) is 18.6 Å². The Morgan fingerprint density at radius 2 is 1.80 bits per heavy atom. The van der Waals surface area contributed by atoms with Gasteiger partial charge in [-0.1, -0.05) is 36.4 Å². The number of sulfonamides is 1. The first-order chi connectivity index (χ1) is 9.44. The van der Waals surface area contributed by atoms with Crippen LogP contribution in [-0.4, -0.2) is 30.9 Å². The van der Waals surface area contributed by atoms with Gasteiger partial charge in [0.2, 0.25) is 0 Å². The Bertz CT molecular complexity index is 638. The Morgan fingerprint density at radius 3 is 2.35 bits per heavy atom. The summed E-state index contributed by atoms with van der Waals surface area (Å²) in [5, 5.41) is 12.0. The highest BCUT2D eigenvalue weighted by Crippen LogP contribution is 2.26. The minimum atomic E-state index is -3.56. The molecular weight excluding hydrogens is 294 g/mol. The molecule has 0 amide bonds. The Morgan fingerprint density at radius 1 is 1.15 bits per heavy atom. The van der Waals surface area contributed by atoms with E-state index in [0.29, 0.717) is 5.56 Å². The van der Waals surface area contributed by atoms with Crippen molar-refractivity contribution < 1.29 is 13.5 Å². The van der Waals surface area contributed by atoms with E-state index in [0.717, 1.165) is 0 Å². The molecule has 6 heteroatoms. The molecule has 2 atom stereocenters. The van der Waals surface area contributed by atoms with E-state index in [1.165, 1.54) is 22.7 Å². The summed E-state index contributed by atoms with van der Waals surface area (Å²) in [4.78, 5) is 0. The van der Waals surface area contributed by atoms with E-state index < -0.39 is 22.2 Å². The van der Waals surface area contributed by atoms with Crippen LogP contribution in [0.2, 0.25) is 0 Å². The van der Waals surface area contributed by atoms with Gasteiger partial charge >= 0.3 is 0 Å². The monoisotopic (exact) mass is 311 g/mol. The first-order valence-corrected chi connectivity index (χ1v) is 8.51. The summed E-state index contributed by atoms with van der Waals surface area (Å²) in [7, 11) is -2.06. The van der Waals surface area contributed by atoms with Crippen molar-refractivity contribution in [1.82, 2.24) is 4.31 Å². The largest absolute Gasteiger partial charge is 0.387 e. The van der Waals surface area contributed by atoms with E-state index in [1.54, 1.807) is 36.6 Å². The number of aliphatic hydroxyl groups excluding tert-OH is 1. The molecule has 4 nitrogen and oxygen atoms in total. The maximum Gasteiger partial charge on any atom is 0.252 e. The molecule has 0 aliphatic carbocycles. The molecule has 108 valence electrons. The van der Waals surface area contributed by atoms with E-state index in [4.69, 9.17) is 0 Å². The smallest absolute Gasteiger partial charge is 0.252 e. The first kappa shape index (κ1) is 15.2. The average Bonchev–Trinajstić information content (AvgIpc) is 3.00. The lowest BCUT2D eigenvalue weighted by Gasteiger charge is -2.28. The van der Waals surface area contributed by atoms with Crippen molar-refractivity contribution in [1.29, 1.82) is 0 Å². The molecule has 0 aliphatic heterocycles. The third-order valence-corrected chi connectivity index (χ3v) is 6.62. The van der Waals surface area contributed by atoms with Gasteiger partial charge in [0.15, 0.2) is 0 Å². The number of thiophene rings is 1. The SMILES string of the molecule is CC(C(O)c1ccccc1)N(C)S(=O)(=O)c1cccs1. The molecule has 0 radical (unpaired) electrons. The van der Waals surface area contributed by atoms with Crippen LogP contribution in [0.25, 0.3) is 0 Å². The lowest BCUT2D eigenvalue weighted by Crippen LogP contribution is -2.38. The van der Waals surface area contributed by atoms with Crippen LogP contribution in [0.4, 0.5) is 0 Å². The summed E-state index contributed by atoms with van der Waals surface area (Å²) in [6, 6.07) is 11.8. The van der Waals surface area contributed by atoms with Gasteiger partial charge < -0.3 is 5.11 Å². The molecule has 1 aromatic carbocycles. The van der Waals surface area contributed by atoms with Gasteiger partial charge in [0, 0.05) is 7.05 Å². The molecule has 0 fully saturated rings. The number of rotatable bonds is 5. The van der Waals surface area contributed by atoms with Gasteiger partial charge in [0.25, 0.3) is 10.0 Å². The molecule has 1 N–H and O–H groups in total. The Hall–Kier alpha value is -1.21. The van der Waals surface area contributed by atoms with Gasteiger partial charge in [-0.2, -0.15) is 4.31 Å². The summed E-state index contributed by atoms with van der Waals surface area (Å²) in [6.07, 6.45) is -0.865. The molecular formula is C14H17NO3S2. The molecule has 0 saturated heterocycles. The third kappa shape index (κ3) is 2.93. The molecule has 0 aliphatic rings. The van der Waals surface area contributed by atoms with E-state index in [-0.39, 0.29) is 4.21 Å². The fraction of sp³-hybridized carbons (Fsp3) is 0.286. The zero-order chi connectivity index (χ0) is 14.8. The number of hydrogen-bond donors (Lipinski definition) is 1. The second kappa shape index (κ2) is 6.05. The highest BCUT2D eigenvalue weighted by atomic mass is 32.2. The van der Waals surface area contributed by atoms with Crippen molar-refractivity contribution >= 4 is 21.4 Å². The van der Waals surface area contributed by atoms with Crippen LogP contribution < -0.4 is 0 Å². The zero-order valence-corrected chi connectivity index (χ0v) is 12.9. The predicted molar refractivity (Wildman–Crippen MR) is 80.1 cm³/mol. The normalized spacial score (nSPS) is 15.2. The molecule has 0 saturated carbocycles. The summed E-state index contributed by atoms with van der Waals surface area (Å²) >= 11 is 1.17. The molecule has 0 spiro atoms. The van der Waals surface area contributed by atoms with E-state index in [2.05, 4.69) is 0 Å². The second-order valence-electron chi connectivity index (χ2n) is 4.55. The fourth-order valence-corrected chi connectivity index (χ4v) is 4.44. The van der Waals surface area contributed by atoms with Gasteiger partial charge in [-0.15, -0.1) is 11.3 Å². The molecule has 1 heterocycles. The number of hydrogen-bond acceptors (Lipinski definition) is 4. The van der Waals surface area contributed by atoms with Crippen LogP contribution in [0.15, 0.2) is 52.1 Å². The maximum atomic E-state index is 12.4. The quantitative estimate of drug-likeness (QED) is 0.923. The molecule has 20 heavy (non-hydrogen) atoms. The van der Waals surface area contributed by atoms with Crippen molar-refractivity contribution in [2.45, 2.75) is 23.3 Å². The number of aliphatic hydroxyl groups is 1. The van der Waals surface area contributed by atoms with Gasteiger partial charge in [-0.25, -0.2) is 8.42 Å². The van der Waals surface area contributed by atoms with Crippen molar-refractivity contribution in [3.63, 3.8) is 0 Å². The van der Waals surface area contributed by atoms with Crippen LogP contribution in [0.3, 0.4) is 0 Å². The van der Waals surface area contributed by atoms with Gasteiger partial charge in [-0.05, 0) is 23.9 Å². The topological polar surface area (TPSA) is 57.6 Å². The molecule has 2 unspecified atom stereocenters. The van der Waals surface area contributed by atoms with Gasteiger partial charge in [0.05, 0.1) is 12.1 Å². The molecule has 1 aromatic heterocycles. The van der Waals surface area contributed by atoms with Crippen LogP contribution in [-0.2, 0) is 10.0 Å². The van der Waals surface area contributed by atoms with Crippen molar-refractivity contribution in [3.8, 4) is 0 Å². The molecule has 2 aromatic rings. The summed E-state index contributed by atoms with van der Waals surface area (Å²) in [6.45, 7) is 1.70. The lowest BCUT2D eigenvalue weighted by molar-refractivity contribution is 0.108. The van der Waals surface area contributed by atoms with Crippen LogP contribution >= 0.6 is 11.3 Å². The minimum absolute atomic E-state index is 0.284. The van der Waals surface area contributed by atoms with Crippen LogP contribution in [0, 0.1) is 0 Å². The molecule has 0 bridgehead atoms. The van der Waals surface area contributed by atoms with Gasteiger partial charge in [-0.3, -0.25) is 0 Å². The maximum absolute atomic E-state index is 12.4. The van der Waals surface area contributed by atoms with Crippen molar-refractivity contribution in [3.05, 3.63) is 53.4 Å². The van der Waals surface area contributed by atoms with Crippen molar-refractivity contribution in [2.24, 2.45) is 0 Å². The highest BCUT2D eigenvalue weighted by Gasteiger charge is 2.30. The summed E-state index contributed by atoms with van der Waals surface area (Å²) in [5.41, 5.74) is 0.702. The zero-order valence-electron chi connectivity index (χ0n) is 11.3. The predicted octanol–water partition coefficient (Wildman–Crippen LogP) is 2.49. The summed E-state index contributed by atoms with van der Waals surface area (Å²) < 4.78 is 26.3. The number of benzene rings is 1. The highest BCUT2D eigenvalue weighted by molar-refractivity contribution is 7.91. The van der Waals surface area contributed by atoms with E-state index in [9.17, 15) is 13.5 Å². The average molecular weight is 311 g/mol. The van der Waals surface area contributed by atoms with Crippen LogP contribution in [0.5, 0.6) is 0 Å². The summed E-state index contributed by atoms with van der Waals surface area (Å²) in [5.74, 6) is 0. The Labute approximate surface area is 123 Å².